The Labute approximate surface area is 360 Å². The standard InChI is InChI=1S/C18H14Cl4N2O.C18H15Cl3N2O.2HNO3/c19-13-2-1-12(16(21)7-13)10-25-18(9-24-6-5-23-11-24)15-4-3-14(20)8-17(15)22;19-14-3-1-13(2-4-14)11-24-18(10-23-8-7-22-12-23)16-6-5-15(20)9-17(16)21;2*2-1(3)4/h1-8,11,18H,9-10H2;1-9,12,18H,10-11H2;2*(H,2,3,4). The summed E-state index contributed by atoms with van der Waals surface area (Å²) in [6.07, 6.45) is 10.2. The van der Waals surface area contributed by atoms with Crippen LogP contribution in [0.4, 0.5) is 0 Å². The quantitative estimate of drug-likeness (QED) is 0.0885. The van der Waals surface area contributed by atoms with Crippen LogP contribution >= 0.6 is 81.2 Å². The van der Waals surface area contributed by atoms with Gasteiger partial charge in [0.15, 0.2) is 0 Å². The number of ether oxygens (including phenoxy) is 2. The van der Waals surface area contributed by atoms with Crippen LogP contribution in [0.25, 0.3) is 0 Å². The molecule has 2 unspecified atom stereocenters. The van der Waals surface area contributed by atoms with Crippen LogP contribution < -0.4 is 0 Å². The number of nitrogens with zero attached hydrogens (tertiary/aromatic N) is 6. The van der Waals surface area contributed by atoms with Crippen molar-refractivity contribution in [2.24, 2.45) is 0 Å². The summed E-state index contributed by atoms with van der Waals surface area (Å²) in [5, 5.41) is 31.5. The third-order valence-corrected chi connectivity index (χ3v) is 9.27. The van der Waals surface area contributed by atoms with E-state index < -0.39 is 10.2 Å². The number of rotatable bonds is 12. The highest BCUT2D eigenvalue weighted by Crippen LogP contribution is 2.32. The third-order valence-electron chi connectivity index (χ3n) is 7.31. The van der Waals surface area contributed by atoms with Gasteiger partial charge < -0.3 is 29.0 Å². The fourth-order valence-corrected chi connectivity index (χ4v) is 6.44. The Hall–Kier alpha value is -4.35. The molecule has 0 fully saturated rings. The molecule has 0 aliphatic rings. The summed E-state index contributed by atoms with van der Waals surface area (Å²) >= 11 is 42.8. The van der Waals surface area contributed by atoms with Crippen molar-refractivity contribution in [2.75, 3.05) is 0 Å². The van der Waals surface area contributed by atoms with Crippen LogP contribution in [-0.4, -0.2) is 39.7 Å². The van der Waals surface area contributed by atoms with Crippen LogP contribution in [0.15, 0.2) is 116 Å². The van der Waals surface area contributed by atoms with Crippen molar-refractivity contribution in [2.45, 2.75) is 38.5 Å². The second-order valence-electron chi connectivity index (χ2n) is 11.3. The van der Waals surface area contributed by atoms with Gasteiger partial charge in [-0.15, -0.1) is 20.2 Å². The number of hydrogen-bond donors (Lipinski definition) is 2. The maximum atomic E-state index is 8.36. The van der Waals surface area contributed by atoms with E-state index in [1.165, 1.54) is 0 Å². The molecule has 0 aliphatic carbocycles. The highest BCUT2D eigenvalue weighted by Gasteiger charge is 2.19. The average molecular weight is 924 g/mol. The van der Waals surface area contributed by atoms with Gasteiger partial charge >= 0.3 is 0 Å². The van der Waals surface area contributed by atoms with E-state index in [9.17, 15) is 0 Å². The highest BCUT2D eigenvalue weighted by molar-refractivity contribution is 6.36. The third kappa shape index (κ3) is 17.8. The first-order chi connectivity index (χ1) is 27.1. The van der Waals surface area contributed by atoms with Crippen LogP contribution in [-0.2, 0) is 35.8 Å². The molecular weight excluding hydrogens is 893 g/mol. The van der Waals surface area contributed by atoms with E-state index in [0.717, 1.165) is 22.3 Å². The van der Waals surface area contributed by atoms with Crippen molar-refractivity contribution in [1.82, 2.24) is 19.1 Å². The predicted molar refractivity (Wildman–Crippen MR) is 218 cm³/mol. The molecule has 0 bridgehead atoms. The molecule has 2 aromatic heterocycles. The van der Waals surface area contributed by atoms with Gasteiger partial charge in [-0.05, 0) is 59.7 Å². The molecule has 0 spiro atoms. The fraction of sp³-hybridized carbons (Fsp3) is 0.167. The van der Waals surface area contributed by atoms with Crippen LogP contribution in [0.5, 0.6) is 0 Å². The summed E-state index contributed by atoms with van der Waals surface area (Å²) in [5.74, 6) is 0. The van der Waals surface area contributed by atoms with Crippen LogP contribution in [0.3, 0.4) is 0 Å². The van der Waals surface area contributed by atoms with Crippen LogP contribution in [0.2, 0.25) is 35.2 Å². The Morgan fingerprint density at radius 2 is 0.965 bits per heavy atom. The van der Waals surface area contributed by atoms with Crippen LogP contribution in [0.1, 0.15) is 34.5 Å². The topological polar surface area (TPSA) is 181 Å². The lowest BCUT2D eigenvalue weighted by Crippen LogP contribution is -2.12. The summed E-state index contributed by atoms with van der Waals surface area (Å²) in [6.45, 7) is 1.95. The minimum Gasteiger partial charge on any atom is -0.367 e. The van der Waals surface area contributed by atoms with E-state index >= 15 is 0 Å². The molecule has 2 heterocycles. The van der Waals surface area contributed by atoms with E-state index in [1.54, 1.807) is 55.4 Å². The van der Waals surface area contributed by atoms with Crippen molar-refractivity contribution >= 4 is 81.2 Å². The molecule has 6 rings (SSSR count). The first-order valence-electron chi connectivity index (χ1n) is 16.0. The van der Waals surface area contributed by atoms with E-state index in [4.69, 9.17) is 121 Å². The lowest BCUT2D eigenvalue weighted by atomic mass is 10.1. The summed E-state index contributed by atoms with van der Waals surface area (Å²) in [6, 6.07) is 23.7. The molecular formula is C36H31Cl7N6O8. The Balaban J connectivity index is 0.000000257. The Kier molecular flexibility index (Phi) is 20.2. The summed E-state index contributed by atoms with van der Waals surface area (Å²) in [4.78, 5) is 24.9. The van der Waals surface area contributed by atoms with E-state index in [-0.39, 0.29) is 12.2 Å². The van der Waals surface area contributed by atoms with Gasteiger partial charge in [-0.25, -0.2) is 9.97 Å². The molecule has 14 nitrogen and oxygen atoms in total. The van der Waals surface area contributed by atoms with Crippen LogP contribution in [0, 0.1) is 20.2 Å². The average Bonchev–Trinajstić information content (AvgIpc) is 3.85. The zero-order valence-electron chi connectivity index (χ0n) is 29.1. The Morgan fingerprint density at radius 1 is 0.579 bits per heavy atom. The highest BCUT2D eigenvalue weighted by atomic mass is 35.5. The minimum absolute atomic E-state index is 0.223. The molecule has 57 heavy (non-hydrogen) atoms. The molecule has 302 valence electrons. The first-order valence-corrected chi connectivity index (χ1v) is 18.6. The summed E-state index contributed by atoms with van der Waals surface area (Å²) in [7, 11) is 0. The van der Waals surface area contributed by atoms with Gasteiger partial charge in [-0.3, -0.25) is 0 Å². The normalized spacial score (nSPS) is 11.4. The molecule has 2 atom stereocenters. The molecule has 2 N–H and O–H groups in total. The van der Waals surface area contributed by atoms with Gasteiger partial charge in [0.2, 0.25) is 0 Å². The van der Waals surface area contributed by atoms with Crippen molar-refractivity contribution in [3.8, 4) is 0 Å². The first kappa shape index (κ1) is 47.0. The van der Waals surface area contributed by atoms with E-state index in [2.05, 4.69) is 9.97 Å². The molecule has 21 heteroatoms. The SMILES string of the molecule is Clc1ccc(COC(Cn2ccnc2)c2ccc(Cl)cc2Cl)c(Cl)c1.Clc1ccc(COC(Cn2ccnc2)c2ccc(Cl)cc2Cl)cc1.O=[N+]([O-])O.O=[N+]([O-])O. The van der Waals surface area contributed by atoms with E-state index in [0.29, 0.717) is 61.5 Å². The monoisotopic (exact) mass is 920 g/mol. The van der Waals surface area contributed by atoms with Crippen molar-refractivity contribution in [1.29, 1.82) is 0 Å². The Morgan fingerprint density at radius 3 is 1.35 bits per heavy atom. The van der Waals surface area contributed by atoms with Gasteiger partial charge in [0, 0.05) is 71.1 Å². The zero-order chi connectivity index (χ0) is 41.9. The lowest BCUT2D eigenvalue weighted by Gasteiger charge is -2.21. The fourth-order valence-electron chi connectivity index (χ4n) is 4.79. The van der Waals surface area contributed by atoms with Gasteiger partial charge in [0.25, 0.3) is 10.2 Å². The number of aromatic nitrogens is 4. The molecule has 0 aliphatic heterocycles. The van der Waals surface area contributed by atoms with Crippen molar-refractivity contribution in [3.05, 3.63) is 194 Å². The van der Waals surface area contributed by atoms with Gasteiger partial charge in [-0.1, -0.05) is 112 Å². The van der Waals surface area contributed by atoms with Gasteiger partial charge in [0.1, 0.15) is 12.2 Å². The second kappa shape index (κ2) is 24.4. The summed E-state index contributed by atoms with van der Waals surface area (Å²) < 4.78 is 16.1. The van der Waals surface area contributed by atoms with Crippen molar-refractivity contribution in [3.63, 3.8) is 0 Å². The summed E-state index contributed by atoms with van der Waals surface area (Å²) in [5.41, 5.74) is 3.64. The second-order valence-corrected chi connectivity index (χ2v) is 14.3. The molecule has 0 radical (unpaired) electrons. The number of benzene rings is 4. The smallest absolute Gasteiger partial charge is 0.291 e. The molecule has 4 aromatic carbocycles. The molecule has 0 amide bonds. The maximum absolute atomic E-state index is 8.36. The number of hydrogen-bond acceptors (Lipinski definition) is 8. The van der Waals surface area contributed by atoms with Gasteiger partial charge in [-0.2, -0.15) is 0 Å². The predicted octanol–water partition coefficient (Wildman–Crippen LogP) is 11.6. The molecule has 6 aromatic rings. The Bertz CT molecular complexity index is 2130. The van der Waals surface area contributed by atoms with Crippen molar-refractivity contribution < 1.29 is 30.1 Å². The van der Waals surface area contributed by atoms with Gasteiger partial charge in [0.05, 0.1) is 39.0 Å². The lowest BCUT2D eigenvalue weighted by molar-refractivity contribution is -0.742. The number of halogens is 7. The van der Waals surface area contributed by atoms with E-state index in [1.807, 2.05) is 70.1 Å². The zero-order valence-corrected chi connectivity index (χ0v) is 34.4. The minimum atomic E-state index is -1.50. The molecule has 0 saturated heterocycles. The molecule has 0 saturated carbocycles. The largest absolute Gasteiger partial charge is 0.367 e. The number of imidazole rings is 2. The maximum Gasteiger partial charge on any atom is 0.291 e.